The number of rotatable bonds is 7. The maximum absolute atomic E-state index is 12.3. The first-order chi connectivity index (χ1) is 9.51. The van der Waals surface area contributed by atoms with Crippen LogP contribution in [0.2, 0.25) is 0 Å². The highest BCUT2D eigenvalue weighted by molar-refractivity contribution is 5.95. The fourth-order valence-corrected chi connectivity index (χ4v) is 2.23. The minimum atomic E-state index is -2.60. The van der Waals surface area contributed by atoms with Crippen LogP contribution in [-0.4, -0.2) is 60.7 Å². The van der Waals surface area contributed by atoms with Crippen molar-refractivity contribution in [1.29, 1.82) is 0 Å². The molecule has 20 heavy (non-hydrogen) atoms. The van der Waals surface area contributed by atoms with Gasteiger partial charge in [-0.1, -0.05) is 12.8 Å². The Balaban J connectivity index is 2.30. The number of carbonyl (C=O) groups is 2. The van der Waals surface area contributed by atoms with Gasteiger partial charge in [0.05, 0.1) is 19.7 Å². The average molecular weight is 293 g/mol. The molecule has 6 nitrogen and oxygen atoms in total. The minimum Gasteiger partial charge on any atom is -0.395 e. The van der Waals surface area contributed by atoms with E-state index in [9.17, 15) is 18.4 Å². The SMILES string of the molecule is O=C(CN(CCO)CC(F)F)NC(=O)NC1CCCC1. The van der Waals surface area contributed by atoms with E-state index in [2.05, 4.69) is 10.6 Å². The monoisotopic (exact) mass is 293 g/mol. The second-order valence-electron chi connectivity index (χ2n) is 4.85. The van der Waals surface area contributed by atoms with Crippen LogP contribution in [0.15, 0.2) is 0 Å². The summed E-state index contributed by atoms with van der Waals surface area (Å²) in [6.07, 6.45) is 1.30. The van der Waals surface area contributed by atoms with Gasteiger partial charge in [-0.2, -0.15) is 0 Å². The van der Waals surface area contributed by atoms with E-state index in [1.165, 1.54) is 0 Å². The number of carbonyl (C=O) groups excluding carboxylic acids is 2. The van der Waals surface area contributed by atoms with Crippen LogP contribution in [0.1, 0.15) is 25.7 Å². The summed E-state index contributed by atoms with van der Waals surface area (Å²) in [5, 5.41) is 13.5. The van der Waals surface area contributed by atoms with Gasteiger partial charge in [-0.25, -0.2) is 13.6 Å². The van der Waals surface area contributed by atoms with Crippen LogP contribution >= 0.6 is 0 Å². The van der Waals surface area contributed by atoms with Crippen LogP contribution in [-0.2, 0) is 4.79 Å². The number of urea groups is 1. The van der Waals surface area contributed by atoms with E-state index in [1.807, 2.05) is 0 Å². The van der Waals surface area contributed by atoms with Crippen LogP contribution in [0.25, 0.3) is 0 Å². The lowest BCUT2D eigenvalue weighted by atomic mass is 10.2. The molecule has 0 atom stereocenters. The lowest BCUT2D eigenvalue weighted by molar-refractivity contribution is -0.121. The average Bonchev–Trinajstić information content (AvgIpc) is 2.80. The molecule has 0 heterocycles. The fraction of sp³-hybridized carbons (Fsp3) is 0.833. The number of imide groups is 1. The number of nitrogens with zero attached hydrogens (tertiary/aromatic N) is 1. The van der Waals surface area contributed by atoms with E-state index >= 15 is 0 Å². The molecule has 8 heteroatoms. The molecular formula is C12H21F2N3O3. The summed E-state index contributed by atoms with van der Waals surface area (Å²) in [5.41, 5.74) is 0. The van der Waals surface area contributed by atoms with Crippen LogP contribution in [0.5, 0.6) is 0 Å². The van der Waals surface area contributed by atoms with E-state index in [0.717, 1.165) is 30.6 Å². The number of amides is 3. The Morgan fingerprint density at radius 3 is 2.50 bits per heavy atom. The second-order valence-corrected chi connectivity index (χ2v) is 4.85. The first-order valence-electron chi connectivity index (χ1n) is 6.73. The topological polar surface area (TPSA) is 81.7 Å². The number of hydrogen-bond acceptors (Lipinski definition) is 4. The normalized spacial score (nSPS) is 15.8. The molecule has 0 bridgehead atoms. The van der Waals surface area contributed by atoms with Crippen molar-refractivity contribution in [2.45, 2.75) is 38.2 Å². The van der Waals surface area contributed by atoms with Gasteiger partial charge < -0.3 is 10.4 Å². The molecule has 0 aromatic carbocycles. The van der Waals surface area contributed by atoms with Crippen molar-refractivity contribution in [3.63, 3.8) is 0 Å². The number of aliphatic hydroxyl groups is 1. The van der Waals surface area contributed by atoms with Crippen molar-refractivity contribution < 1.29 is 23.5 Å². The van der Waals surface area contributed by atoms with Gasteiger partial charge in [-0.3, -0.25) is 15.0 Å². The highest BCUT2D eigenvalue weighted by atomic mass is 19.3. The quantitative estimate of drug-likeness (QED) is 0.631. The summed E-state index contributed by atoms with van der Waals surface area (Å²) >= 11 is 0. The third kappa shape index (κ3) is 6.76. The predicted molar refractivity (Wildman–Crippen MR) is 68.5 cm³/mol. The molecule has 116 valence electrons. The molecular weight excluding hydrogens is 272 g/mol. The lowest BCUT2D eigenvalue weighted by Crippen LogP contribution is -2.48. The minimum absolute atomic E-state index is 0.0397. The van der Waals surface area contributed by atoms with Gasteiger partial charge in [0.1, 0.15) is 0 Å². The molecule has 1 aliphatic rings. The molecule has 0 aliphatic heterocycles. The van der Waals surface area contributed by atoms with Crippen molar-refractivity contribution in [3.05, 3.63) is 0 Å². The Bertz CT molecular complexity index is 323. The van der Waals surface area contributed by atoms with E-state index in [4.69, 9.17) is 5.11 Å². The molecule has 0 aromatic rings. The summed E-state index contributed by atoms with van der Waals surface area (Å²) in [6, 6.07) is -0.514. The molecule has 3 amide bonds. The molecule has 0 radical (unpaired) electrons. The number of alkyl halides is 2. The highest BCUT2D eigenvalue weighted by Crippen LogP contribution is 2.17. The first-order valence-corrected chi connectivity index (χ1v) is 6.73. The number of halogens is 2. The van der Waals surface area contributed by atoms with E-state index in [-0.39, 0.29) is 25.7 Å². The summed E-state index contributed by atoms with van der Waals surface area (Å²) in [5.74, 6) is -0.658. The van der Waals surface area contributed by atoms with Gasteiger partial charge in [0.2, 0.25) is 5.91 Å². The van der Waals surface area contributed by atoms with E-state index in [1.54, 1.807) is 0 Å². The largest absolute Gasteiger partial charge is 0.395 e. The van der Waals surface area contributed by atoms with Crippen LogP contribution in [0.3, 0.4) is 0 Å². The Hall–Kier alpha value is -1.28. The standard InChI is InChI=1S/C12H21F2N3O3/c13-10(14)7-17(5-6-18)8-11(19)16-12(20)15-9-3-1-2-4-9/h9-10,18H,1-8H2,(H2,15,16,19,20). The van der Waals surface area contributed by atoms with Crippen molar-refractivity contribution in [2.75, 3.05) is 26.2 Å². The molecule has 0 saturated heterocycles. The zero-order valence-corrected chi connectivity index (χ0v) is 11.3. The summed E-state index contributed by atoms with van der Waals surface area (Å²) < 4.78 is 24.5. The van der Waals surface area contributed by atoms with Crippen LogP contribution < -0.4 is 10.6 Å². The molecule has 0 spiro atoms. The number of nitrogens with one attached hydrogen (secondary N) is 2. The van der Waals surface area contributed by atoms with E-state index < -0.39 is 24.9 Å². The van der Waals surface area contributed by atoms with Gasteiger partial charge in [0, 0.05) is 12.6 Å². The Morgan fingerprint density at radius 2 is 1.95 bits per heavy atom. The third-order valence-corrected chi connectivity index (χ3v) is 3.12. The van der Waals surface area contributed by atoms with Crippen molar-refractivity contribution >= 4 is 11.9 Å². The Labute approximate surface area is 116 Å². The Kier molecular flexibility index (Phi) is 7.38. The molecule has 1 fully saturated rings. The second kappa shape index (κ2) is 8.80. The Morgan fingerprint density at radius 1 is 1.30 bits per heavy atom. The number of hydrogen-bond donors (Lipinski definition) is 3. The van der Waals surface area contributed by atoms with Crippen LogP contribution in [0, 0.1) is 0 Å². The number of aliphatic hydroxyl groups excluding tert-OH is 1. The van der Waals surface area contributed by atoms with Gasteiger partial charge >= 0.3 is 6.03 Å². The van der Waals surface area contributed by atoms with Gasteiger partial charge in [-0.15, -0.1) is 0 Å². The van der Waals surface area contributed by atoms with Crippen molar-refractivity contribution in [3.8, 4) is 0 Å². The van der Waals surface area contributed by atoms with Crippen molar-refractivity contribution in [1.82, 2.24) is 15.5 Å². The molecule has 0 unspecified atom stereocenters. The first kappa shape index (κ1) is 16.8. The maximum Gasteiger partial charge on any atom is 0.321 e. The summed E-state index contributed by atoms with van der Waals surface area (Å²) in [6.45, 7) is -1.32. The fourth-order valence-electron chi connectivity index (χ4n) is 2.23. The predicted octanol–water partition coefficient (Wildman–Crippen LogP) is 0.314. The molecule has 1 rings (SSSR count). The van der Waals surface area contributed by atoms with E-state index in [0.29, 0.717) is 0 Å². The molecule has 1 aliphatic carbocycles. The molecule has 1 saturated carbocycles. The smallest absolute Gasteiger partial charge is 0.321 e. The van der Waals surface area contributed by atoms with Crippen LogP contribution in [0.4, 0.5) is 13.6 Å². The maximum atomic E-state index is 12.3. The molecule has 0 aromatic heterocycles. The summed E-state index contributed by atoms with van der Waals surface area (Å²) in [7, 11) is 0. The zero-order chi connectivity index (χ0) is 15.0. The third-order valence-electron chi connectivity index (χ3n) is 3.12. The highest BCUT2D eigenvalue weighted by Gasteiger charge is 2.20. The van der Waals surface area contributed by atoms with Gasteiger partial charge in [-0.05, 0) is 12.8 Å². The van der Waals surface area contributed by atoms with Crippen molar-refractivity contribution in [2.24, 2.45) is 0 Å². The zero-order valence-electron chi connectivity index (χ0n) is 11.3. The summed E-state index contributed by atoms with van der Waals surface area (Å²) in [4.78, 5) is 24.2. The van der Waals surface area contributed by atoms with Gasteiger partial charge in [0.15, 0.2) is 0 Å². The van der Waals surface area contributed by atoms with Gasteiger partial charge in [0.25, 0.3) is 6.43 Å². The molecule has 3 N–H and O–H groups in total. The lowest BCUT2D eigenvalue weighted by Gasteiger charge is -2.20.